The van der Waals surface area contributed by atoms with Gasteiger partial charge in [-0.1, -0.05) is 20.8 Å². The van der Waals surface area contributed by atoms with Crippen LogP contribution in [-0.2, 0) is 4.79 Å². The SMILES string of the molecule is CNC(C)(C)C(=O)N=C(N)/C=C(\O)C(C)(C)C.Fc1ccc(S)cc1. The summed E-state index contributed by atoms with van der Waals surface area (Å²) in [5.74, 6) is -0.502. The Morgan fingerprint density at radius 1 is 1.24 bits per heavy atom. The maximum absolute atomic E-state index is 12.1. The van der Waals surface area contributed by atoms with Crippen molar-refractivity contribution in [2.24, 2.45) is 16.1 Å². The summed E-state index contributed by atoms with van der Waals surface area (Å²) in [6.07, 6.45) is 1.31. The van der Waals surface area contributed by atoms with Gasteiger partial charge in [0, 0.05) is 16.4 Å². The van der Waals surface area contributed by atoms with Gasteiger partial charge < -0.3 is 16.2 Å². The van der Waals surface area contributed by atoms with Crippen LogP contribution in [0.5, 0.6) is 0 Å². The van der Waals surface area contributed by atoms with Crippen LogP contribution in [0.3, 0.4) is 0 Å². The molecule has 0 aliphatic carbocycles. The molecule has 0 spiro atoms. The van der Waals surface area contributed by atoms with Crippen molar-refractivity contribution in [2.45, 2.75) is 45.1 Å². The van der Waals surface area contributed by atoms with E-state index in [-0.39, 0.29) is 23.3 Å². The Labute approximate surface area is 154 Å². The summed E-state index contributed by atoms with van der Waals surface area (Å²) in [6.45, 7) is 8.93. The summed E-state index contributed by atoms with van der Waals surface area (Å²) < 4.78 is 12.1. The number of hydrogen-bond acceptors (Lipinski definition) is 4. The minimum absolute atomic E-state index is 0.00532. The molecule has 140 valence electrons. The second-order valence-corrected chi connectivity index (χ2v) is 7.49. The highest BCUT2D eigenvalue weighted by Gasteiger charge is 2.25. The van der Waals surface area contributed by atoms with E-state index in [1.165, 1.54) is 18.2 Å². The Balaban J connectivity index is 0.000000593. The van der Waals surface area contributed by atoms with Gasteiger partial charge in [-0.05, 0) is 45.2 Å². The van der Waals surface area contributed by atoms with Gasteiger partial charge in [-0.3, -0.25) is 4.79 Å². The topological polar surface area (TPSA) is 87.7 Å². The highest BCUT2D eigenvalue weighted by Crippen LogP contribution is 2.22. The predicted octanol–water partition coefficient (Wildman–Crippen LogP) is 3.47. The molecule has 7 heteroatoms. The maximum atomic E-state index is 12.1. The third kappa shape index (κ3) is 9.26. The quantitative estimate of drug-likeness (QED) is 0.284. The number of amides is 1. The summed E-state index contributed by atoms with van der Waals surface area (Å²) in [6, 6.07) is 5.97. The lowest BCUT2D eigenvalue weighted by Crippen LogP contribution is -2.44. The van der Waals surface area contributed by atoms with E-state index in [9.17, 15) is 14.3 Å². The number of hydrogen-bond donors (Lipinski definition) is 4. The fourth-order valence-corrected chi connectivity index (χ4v) is 1.34. The van der Waals surface area contributed by atoms with Gasteiger partial charge in [-0.2, -0.15) is 4.99 Å². The van der Waals surface area contributed by atoms with E-state index in [0.717, 1.165) is 4.90 Å². The monoisotopic (exact) mass is 369 g/mol. The third-order valence-corrected chi connectivity index (χ3v) is 3.57. The molecule has 4 N–H and O–H groups in total. The van der Waals surface area contributed by atoms with E-state index in [1.54, 1.807) is 33.0 Å². The number of halogens is 1. The first-order valence-electron chi connectivity index (χ1n) is 7.72. The molecule has 1 aromatic rings. The Morgan fingerprint density at radius 2 is 1.72 bits per heavy atom. The number of aliphatic imine (C=N–C) groups is 1. The van der Waals surface area contributed by atoms with Gasteiger partial charge >= 0.3 is 0 Å². The van der Waals surface area contributed by atoms with Crippen LogP contribution in [0.25, 0.3) is 0 Å². The van der Waals surface area contributed by atoms with Crippen LogP contribution in [-0.4, -0.2) is 29.4 Å². The van der Waals surface area contributed by atoms with Gasteiger partial charge in [0.1, 0.15) is 17.4 Å². The van der Waals surface area contributed by atoms with Crippen molar-refractivity contribution in [1.29, 1.82) is 0 Å². The number of aliphatic hydroxyl groups is 1. The van der Waals surface area contributed by atoms with Crippen molar-refractivity contribution in [1.82, 2.24) is 5.32 Å². The van der Waals surface area contributed by atoms with Crippen molar-refractivity contribution in [3.63, 3.8) is 0 Å². The molecule has 1 amide bonds. The average Bonchev–Trinajstić information content (AvgIpc) is 2.49. The minimum atomic E-state index is -0.768. The fraction of sp³-hybridized carbons (Fsp3) is 0.444. The van der Waals surface area contributed by atoms with E-state index in [4.69, 9.17) is 5.73 Å². The number of nitrogens with two attached hydrogens (primary N) is 1. The first kappa shape index (κ1) is 23.1. The number of carbonyl (C=O) groups excluding carboxylic acids is 1. The van der Waals surface area contributed by atoms with E-state index in [0.29, 0.717) is 0 Å². The fourth-order valence-electron chi connectivity index (χ4n) is 1.19. The molecular weight excluding hydrogens is 341 g/mol. The number of carbonyl (C=O) groups is 1. The molecule has 0 saturated heterocycles. The lowest BCUT2D eigenvalue weighted by molar-refractivity contribution is -0.122. The maximum Gasteiger partial charge on any atom is 0.267 e. The molecule has 1 aromatic carbocycles. The zero-order valence-electron chi connectivity index (χ0n) is 15.6. The first-order chi connectivity index (χ1) is 11.3. The Hall–Kier alpha value is -1.86. The molecule has 25 heavy (non-hydrogen) atoms. The number of benzene rings is 1. The number of nitrogens with one attached hydrogen (secondary N) is 1. The molecule has 1 rings (SSSR count). The molecule has 5 nitrogen and oxygen atoms in total. The zero-order valence-corrected chi connectivity index (χ0v) is 16.5. The molecule has 0 bridgehead atoms. The van der Waals surface area contributed by atoms with Crippen molar-refractivity contribution in [3.05, 3.63) is 41.9 Å². The van der Waals surface area contributed by atoms with Crippen LogP contribution in [0.1, 0.15) is 34.6 Å². The third-order valence-electron chi connectivity index (χ3n) is 3.27. The molecule has 0 heterocycles. The second-order valence-electron chi connectivity index (χ2n) is 6.97. The lowest BCUT2D eigenvalue weighted by atomic mass is 9.93. The van der Waals surface area contributed by atoms with Crippen molar-refractivity contribution in [3.8, 4) is 0 Å². The normalized spacial score (nSPS) is 13.1. The van der Waals surface area contributed by atoms with Gasteiger partial charge in [0.05, 0.1) is 5.54 Å². The number of thiol groups is 1. The molecule has 0 saturated carbocycles. The standard InChI is InChI=1S/C12H23N3O2.C6H5FS/c1-11(2,3)8(16)7-9(13)15-10(17)12(4,5)14-6;7-5-1-3-6(8)4-2-5/h7,14,16H,1-6H3,(H2,13,15,17);1-4,8H/b8-7-;. The van der Waals surface area contributed by atoms with Crippen molar-refractivity contribution in [2.75, 3.05) is 7.05 Å². The number of amidine groups is 1. The van der Waals surface area contributed by atoms with Crippen LogP contribution in [0.15, 0.2) is 46.0 Å². The summed E-state index contributed by atoms with van der Waals surface area (Å²) >= 11 is 3.97. The van der Waals surface area contributed by atoms with E-state index in [2.05, 4.69) is 22.9 Å². The first-order valence-corrected chi connectivity index (χ1v) is 8.17. The number of allylic oxidation sites excluding steroid dienone is 1. The van der Waals surface area contributed by atoms with Crippen LogP contribution in [0.2, 0.25) is 0 Å². The molecule has 0 aliphatic rings. The summed E-state index contributed by atoms with van der Waals surface area (Å²) in [4.78, 5) is 16.2. The smallest absolute Gasteiger partial charge is 0.267 e. The minimum Gasteiger partial charge on any atom is -0.512 e. The van der Waals surface area contributed by atoms with Crippen LogP contribution in [0, 0.1) is 11.2 Å². The molecule has 0 unspecified atom stereocenters. The summed E-state index contributed by atoms with van der Waals surface area (Å²) in [7, 11) is 1.67. The average molecular weight is 370 g/mol. The van der Waals surface area contributed by atoms with Crippen LogP contribution in [0.4, 0.5) is 4.39 Å². The largest absolute Gasteiger partial charge is 0.512 e. The van der Waals surface area contributed by atoms with E-state index < -0.39 is 11.0 Å². The molecule has 0 atom stereocenters. The van der Waals surface area contributed by atoms with Gasteiger partial charge in [-0.25, -0.2) is 4.39 Å². The van der Waals surface area contributed by atoms with E-state index >= 15 is 0 Å². The van der Waals surface area contributed by atoms with Gasteiger partial charge in [0.25, 0.3) is 5.91 Å². The Bertz CT molecular complexity index is 612. The lowest BCUT2D eigenvalue weighted by Gasteiger charge is -2.19. The number of nitrogens with zero attached hydrogens (tertiary/aromatic N) is 1. The van der Waals surface area contributed by atoms with Crippen molar-refractivity contribution >= 4 is 24.4 Å². The second kappa shape index (κ2) is 9.58. The molecule has 0 aromatic heterocycles. The Morgan fingerprint density at radius 3 is 2.08 bits per heavy atom. The van der Waals surface area contributed by atoms with Gasteiger partial charge in [0.15, 0.2) is 0 Å². The van der Waals surface area contributed by atoms with Gasteiger partial charge in [0.2, 0.25) is 0 Å². The number of aliphatic hydroxyl groups excluding tert-OH is 1. The summed E-state index contributed by atoms with van der Waals surface area (Å²) in [5.41, 5.74) is 4.41. The highest BCUT2D eigenvalue weighted by molar-refractivity contribution is 7.80. The Kier molecular flexibility index (Phi) is 8.87. The van der Waals surface area contributed by atoms with Gasteiger partial charge in [-0.15, -0.1) is 12.6 Å². The zero-order chi connectivity index (χ0) is 19.8. The number of likely N-dealkylation sites (N-methyl/N-ethyl adjacent to an activating group) is 1. The van der Waals surface area contributed by atoms with Crippen molar-refractivity contribution < 1.29 is 14.3 Å². The predicted molar refractivity (Wildman–Crippen MR) is 104 cm³/mol. The molecule has 0 aliphatic heterocycles. The molecule has 0 radical (unpaired) electrons. The molecular formula is C18H28FN3O2S. The number of rotatable bonds is 3. The van der Waals surface area contributed by atoms with E-state index in [1.807, 2.05) is 20.8 Å². The van der Waals surface area contributed by atoms with Crippen LogP contribution >= 0.6 is 12.6 Å². The molecule has 0 fully saturated rings. The van der Waals surface area contributed by atoms with Crippen LogP contribution < -0.4 is 11.1 Å². The highest BCUT2D eigenvalue weighted by atomic mass is 32.1. The summed E-state index contributed by atoms with van der Waals surface area (Å²) in [5, 5.41) is 12.5.